The molecule has 2 heteroatoms. The average Bonchev–Trinajstić information content (AvgIpc) is 2.51. The highest BCUT2D eigenvalue weighted by atomic mass is 16.5. The third-order valence-corrected chi connectivity index (χ3v) is 3.32. The smallest absolute Gasteiger partial charge is 0.0812 e. The molecule has 15 heavy (non-hydrogen) atoms. The van der Waals surface area contributed by atoms with Gasteiger partial charge in [0.1, 0.15) is 0 Å². The molecule has 0 bridgehead atoms. The van der Waals surface area contributed by atoms with Crippen LogP contribution in [0, 0.1) is 5.41 Å². The molecular formula is C13H27NO. The van der Waals surface area contributed by atoms with Crippen LogP contribution in [0.1, 0.15) is 53.9 Å². The summed E-state index contributed by atoms with van der Waals surface area (Å²) >= 11 is 0. The topological polar surface area (TPSA) is 21.3 Å². The summed E-state index contributed by atoms with van der Waals surface area (Å²) in [6, 6.07) is 0.451. The lowest BCUT2D eigenvalue weighted by Crippen LogP contribution is -2.55. The Morgan fingerprint density at radius 2 is 2.07 bits per heavy atom. The van der Waals surface area contributed by atoms with Crippen molar-refractivity contribution in [2.45, 2.75) is 65.5 Å². The minimum absolute atomic E-state index is 0.0351. The van der Waals surface area contributed by atoms with E-state index in [1.54, 1.807) is 0 Å². The summed E-state index contributed by atoms with van der Waals surface area (Å²) in [5, 5.41) is 3.67. The summed E-state index contributed by atoms with van der Waals surface area (Å²) in [5.41, 5.74) is 0.293. The molecule has 1 heterocycles. The first-order valence-electron chi connectivity index (χ1n) is 6.27. The van der Waals surface area contributed by atoms with Gasteiger partial charge in [0.25, 0.3) is 0 Å². The van der Waals surface area contributed by atoms with Crippen LogP contribution < -0.4 is 5.32 Å². The minimum Gasteiger partial charge on any atom is -0.374 e. The van der Waals surface area contributed by atoms with E-state index in [1.165, 1.54) is 19.3 Å². The Bertz CT molecular complexity index is 189. The van der Waals surface area contributed by atoms with Crippen LogP contribution in [0.5, 0.6) is 0 Å². The van der Waals surface area contributed by atoms with E-state index in [0.29, 0.717) is 6.04 Å². The van der Waals surface area contributed by atoms with Gasteiger partial charge in [-0.3, -0.25) is 0 Å². The fraction of sp³-hybridized carbons (Fsp3) is 1.00. The highest BCUT2D eigenvalue weighted by Gasteiger charge is 2.43. The average molecular weight is 213 g/mol. The van der Waals surface area contributed by atoms with Crippen LogP contribution in [0.25, 0.3) is 0 Å². The van der Waals surface area contributed by atoms with Gasteiger partial charge >= 0.3 is 0 Å². The molecule has 0 aromatic heterocycles. The quantitative estimate of drug-likeness (QED) is 0.775. The zero-order chi connectivity index (χ0) is 11.5. The fourth-order valence-electron chi connectivity index (χ4n) is 2.76. The van der Waals surface area contributed by atoms with E-state index in [4.69, 9.17) is 4.74 Å². The molecule has 1 N–H and O–H groups in total. The zero-order valence-corrected chi connectivity index (χ0v) is 11.0. The molecular weight excluding hydrogens is 186 g/mol. The lowest BCUT2D eigenvalue weighted by molar-refractivity contribution is -0.0429. The Hall–Kier alpha value is -0.0800. The molecule has 0 aromatic rings. The number of rotatable bonds is 4. The summed E-state index contributed by atoms with van der Waals surface area (Å²) < 4.78 is 5.96. The summed E-state index contributed by atoms with van der Waals surface area (Å²) in [7, 11) is 0. The van der Waals surface area contributed by atoms with Crippen LogP contribution in [0.15, 0.2) is 0 Å². The number of hydrogen-bond donors (Lipinski definition) is 1. The first-order valence-corrected chi connectivity index (χ1v) is 6.27. The predicted molar refractivity (Wildman–Crippen MR) is 65.1 cm³/mol. The maximum absolute atomic E-state index is 5.96. The van der Waals surface area contributed by atoms with Crippen LogP contribution in [-0.2, 0) is 4.74 Å². The van der Waals surface area contributed by atoms with E-state index in [0.717, 1.165) is 13.2 Å². The van der Waals surface area contributed by atoms with Gasteiger partial charge in [0.15, 0.2) is 0 Å². The Labute approximate surface area is 94.8 Å². The Morgan fingerprint density at radius 3 is 2.47 bits per heavy atom. The molecule has 1 aliphatic rings. The van der Waals surface area contributed by atoms with Crippen LogP contribution in [0.2, 0.25) is 0 Å². The molecule has 2 unspecified atom stereocenters. The molecule has 0 saturated carbocycles. The molecule has 0 aliphatic carbocycles. The summed E-state index contributed by atoms with van der Waals surface area (Å²) in [6.07, 6.45) is 3.57. The van der Waals surface area contributed by atoms with Crippen molar-refractivity contribution in [1.29, 1.82) is 0 Å². The lowest BCUT2D eigenvalue weighted by atomic mass is 9.75. The molecule has 0 spiro atoms. The van der Waals surface area contributed by atoms with Crippen LogP contribution in [0.3, 0.4) is 0 Å². The number of nitrogens with one attached hydrogen (secondary N) is 1. The highest BCUT2D eigenvalue weighted by Crippen LogP contribution is 2.37. The monoisotopic (exact) mass is 213 g/mol. The Balaban J connectivity index is 2.71. The van der Waals surface area contributed by atoms with E-state index < -0.39 is 0 Å². The van der Waals surface area contributed by atoms with E-state index in [-0.39, 0.29) is 11.0 Å². The van der Waals surface area contributed by atoms with Crippen molar-refractivity contribution < 1.29 is 4.74 Å². The van der Waals surface area contributed by atoms with E-state index in [9.17, 15) is 0 Å². The summed E-state index contributed by atoms with van der Waals surface area (Å²) in [5.74, 6) is 0. The third kappa shape index (κ3) is 3.18. The first-order chi connectivity index (χ1) is 6.90. The van der Waals surface area contributed by atoms with Gasteiger partial charge in [0.2, 0.25) is 0 Å². The second-order valence-corrected chi connectivity index (χ2v) is 6.02. The van der Waals surface area contributed by atoms with Gasteiger partial charge in [-0.1, -0.05) is 27.7 Å². The first kappa shape index (κ1) is 13.0. The second kappa shape index (κ2) is 4.84. The Kier molecular flexibility index (Phi) is 4.19. The SMILES string of the molecule is CCCNC(C(C)(C)C)C1(C)CCCO1. The summed E-state index contributed by atoms with van der Waals surface area (Å²) in [4.78, 5) is 0. The van der Waals surface area contributed by atoms with E-state index in [1.807, 2.05) is 0 Å². The molecule has 1 saturated heterocycles. The fourth-order valence-corrected chi connectivity index (χ4v) is 2.76. The molecule has 90 valence electrons. The largest absolute Gasteiger partial charge is 0.374 e. The number of ether oxygens (including phenoxy) is 1. The van der Waals surface area contributed by atoms with Crippen molar-refractivity contribution in [2.24, 2.45) is 5.41 Å². The van der Waals surface area contributed by atoms with Gasteiger partial charge in [-0.05, 0) is 38.1 Å². The second-order valence-electron chi connectivity index (χ2n) is 6.02. The van der Waals surface area contributed by atoms with Crippen molar-refractivity contribution in [3.05, 3.63) is 0 Å². The molecule has 2 atom stereocenters. The molecule has 1 rings (SSSR count). The van der Waals surface area contributed by atoms with Gasteiger partial charge < -0.3 is 10.1 Å². The maximum atomic E-state index is 5.96. The van der Waals surface area contributed by atoms with Gasteiger partial charge in [0.05, 0.1) is 5.60 Å². The number of hydrogen-bond acceptors (Lipinski definition) is 2. The molecule has 1 aliphatic heterocycles. The van der Waals surface area contributed by atoms with Crippen LogP contribution in [0.4, 0.5) is 0 Å². The molecule has 0 aromatic carbocycles. The van der Waals surface area contributed by atoms with E-state index >= 15 is 0 Å². The van der Waals surface area contributed by atoms with Crippen molar-refractivity contribution in [3.63, 3.8) is 0 Å². The van der Waals surface area contributed by atoms with Gasteiger partial charge in [-0.25, -0.2) is 0 Å². The van der Waals surface area contributed by atoms with Crippen molar-refractivity contribution in [3.8, 4) is 0 Å². The van der Waals surface area contributed by atoms with Crippen LogP contribution in [-0.4, -0.2) is 24.8 Å². The minimum atomic E-state index is 0.0351. The molecule has 1 fully saturated rings. The molecule has 0 radical (unpaired) electrons. The van der Waals surface area contributed by atoms with Gasteiger partial charge in [-0.2, -0.15) is 0 Å². The zero-order valence-electron chi connectivity index (χ0n) is 11.0. The molecule has 2 nitrogen and oxygen atoms in total. The standard InChI is InChI=1S/C13H27NO/c1-6-9-14-11(12(2,3)4)13(5)8-7-10-15-13/h11,14H,6-10H2,1-5H3. The normalized spacial score (nSPS) is 29.4. The summed E-state index contributed by atoms with van der Waals surface area (Å²) in [6.45, 7) is 13.4. The van der Waals surface area contributed by atoms with Crippen molar-refractivity contribution in [2.75, 3.05) is 13.2 Å². The highest BCUT2D eigenvalue weighted by molar-refractivity contribution is 4.98. The van der Waals surface area contributed by atoms with Crippen molar-refractivity contribution in [1.82, 2.24) is 5.32 Å². The predicted octanol–water partition coefficient (Wildman–Crippen LogP) is 2.97. The van der Waals surface area contributed by atoms with E-state index in [2.05, 4.69) is 39.9 Å². The Morgan fingerprint density at radius 1 is 1.40 bits per heavy atom. The van der Waals surface area contributed by atoms with Crippen LogP contribution >= 0.6 is 0 Å². The van der Waals surface area contributed by atoms with Gasteiger partial charge in [-0.15, -0.1) is 0 Å². The molecule has 0 amide bonds. The van der Waals surface area contributed by atoms with Crippen molar-refractivity contribution >= 4 is 0 Å². The third-order valence-electron chi connectivity index (χ3n) is 3.32. The van der Waals surface area contributed by atoms with Gasteiger partial charge in [0, 0.05) is 12.6 Å². The lowest BCUT2D eigenvalue weighted by Gasteiger charge is -2.42. The maximum Gasteiger partial charge on any atom is 0.0812 e.